The lowest BCUT2D eigenvalue weighted by Gasteiger charge is -1.98. The van der Waals surface area contributed by atoms with Gasteiger partial charge in [-0.2, -0.15) is 5.26 Å². The van der Waals surface area contributed by atoms with Crippen LogP contribution in [0.4, 0.5) is 0 Å². The van der Waals surface area contributed by atoms with Gasteiger partial charge < -0.3 is 4.98 Å². The van der Waals surface area contributed by atoms with Gasteiger partial charge in [0.05, 0.1) is 16.6 Å². The van der Waals surface area contributed by atoms with Crippen LogP contribution in [0.3, 0.4) is 0 Å². The van der Waals surface area contributed by atoms with Gasteiger partial charge in [-0.15, -0.1) is 0 Å². The van der Waals surface area contributed by atoms with E-state index in [0.717, 1.165) is 23.0 Å². The fourth-order valence-electron chi connectivity index (χ4n) is 1.60. The summed E-state index contributed by atoms with van der Waals surface area (Å²) in [6, 6.07) is 10.0. The van der Waals surface area contributed by atoms with Crippen LogP contribution in [0.25, 0.3) is 16.6 Å². The minimum absolute atomic E-state index is 0.652. The number of nitriles is 1. The number of benzene rings is 1. The summed E-state index contributed by atoms with van der Waals surface area (Å²) in [5, 5.41) is 9.14. The highest BCUT2D eigenvalue weighted by Gasteiger charge is 2.09. The fraction of sp³-hybridized carbons (Fsp3) is 0.231. The van der Waals surface area contributed by atoms with Crippen LogP contribution in [0.1, 0.15) is 26.1 Å². The summed E-state index contributed by atoms with van der Waals surface area (Å²) in [5.41, 5.74) is 3.57. The number of rotatable bonds is 2. The Morgan fingerprint density at radius 1 is 1.44 bits per heavy atom. The van der Waals surface area contributed by atoms with Crippen molar-refractivity contribution in [3.63, 3.8) is 0 Å². The smallest absolute Gasteiger partial charge is 0.149 e. The molecule has 0 atom stereocenters. The van der Waals surface area contributed by atoms with Crippen molar-refractivity contribution in [3.05, 3.63) is 35.7 Å². The molecule has 0 amide bonds. The average Bonchev–Trinajstić information content (AvgIpc) is 2.72. The number of allylic oxidation sites excluding steroid dienone is 2. The van der Waals surface area contributed by atoms with Gasteiger partial charge in [-0.05, 0) is 25.5 Å². The molecule has 3 nitrogen and oxygen atoms in total. The number of fused-ring (bicyclic) bond motifs is 1. The van der Waals surface area contributed by atoms with E-state index in [1.807, 2.05) is 38.1 Å². The van der Waals surface area contributed by atoms with Crippen LogP contribution in [0.5, 0.6) is 0 Å². The lowest BCUT2D eigenvalue weighted by molar-refractivity contribution is 1.09. The Morgan fingerprint density at radius 3 is 2.81 bits per heavy atom. The summed E-state index contributed by atoms with van der Waals surface area (Å²) in [6.45, 7) is 4.00. The first kappa shape index (κ1) is 10.4. The van der Waals surface area contributed by atoms with E-state index in [1.54, 1.807) is 0 Å². The van der Waals surface area contributed by atoms with Crippen LogP contribution in [0, 0.1) is 11.3 Å². The van der Waals surface area contributed by atoms with E-state index in [1.165, 1.54) is 0 Å². The lowest BCUT2D eigenvalue weighted by atomic mass is 10.1. The van der Waals surface area contributed by atoms with E-state index in [0.29, 0.717) is 11.4 Å². The standard InChI is InChI=1S/C13H13N3/c1-3-9(2)10(8-14)13-15-11-6-4-5-7-12(11)16-13/h4-7H,3H2,1-2H3,(H,15,16)/b10-9+. The predicted octanol–water partition coefficient (Wildman–Crippen LogP) is 3.27. The van der Waals surface area contributed by atoms with Crippen molar-refractivity contribution < 1.29 is 0 Å². The highest BCUT2D eigenvalue weighted by molar-refractivity contribution is 5.83. The number of H-pyrrole nitrogens is 1. The number of nitrogens with zero attached hydrogens (tertiary/aromatic N) is 2. The van der Waals surface area contributed by atoms with Crippen LogP contribution in [0.2, 0.25) is 0 Å². The van der Waals surface area contributed by atoms with Crippen LogP contribution in [0.15, 0.2) is 29.8 Å². The van der Waals surface area contributed by atoms with E-state index in [-0.39, 0.29) is 0 Å². The van der Waals surface area contributed by atoms with Crippen molar-refractivity contribution in [2.75, 3.05) is 0 Å². The number of hydrogen-bond donors (Lipinski definition) is 1. The summed E-state index contributed by atoms with van der Waals surface area (Å²) < 4.78 is 0. The zero-order valence-electron chi connectivity index (χ0n) is 9.41. The van der Waals surface area contributed by atoms with E-state index in [9.17, 15) is 0 Å². The summed E-state index contributed by atoms with van der Waals surface area (Å²) in [4.78, 5) is 7.59. The highest BCUT2D eigenvalue weighted by atomic mass is 14.9. The Labute approximate surface area is 94.4 Å². The maximum atomic E-state index is 9.14. The van der Waals surface area contributed by atoms with Gasteiger partial charge in [0.25, 0.3) is 0 Å². The number of aromatic nitrogens is 2. The first-order valence-corrected chi connectivity index (χ1v) is 5.31. The predicted molar refractivity (Wildman–Crippen MR) is 64.6 cm³/mol. The Hall–Kier alpha value is -2.08. The Kier molecular flexibility index (Phi) is 2.74. The molecule has 0 radical (unpaired) electrons. The first-order valence-electron chi connectivity index (χ1n) is 5.31. The molecular formula is C13H13N3. The summed E-state index contributed by atoms with van der Waals surface area (Å²) in [6.07, 6.45) is 0.861. The van der Waals surface area contributed by atoms with Crippen LogP contribution >= 0.6 is 0 Å². The van der Waals surface area contributed by atoms with Gasteiger partial charge in [0, 0.05) is 0 Å². The van der Waals surface area contributed by atoms with Crippen LogP contribution in [-0.4, -0.2) is 9.97 Å². The van der Waals surface area contributed by atoms with Gasteiger partial charge in [0.15, 0.2) is 0 Å². The molecule has 0 unspecified atom stereocenters. The third kappa shape index (κ3) is 1.70. The molecule has 80 valence electrons. The second-order valence-electron chi connectivity index (χ2n) is 3.72. The van der Waals surface area contributed by atoms with E-state index >= 15 is 0 Å². The number of para-hydroxylation sites is 2. The zero-order valence-corrected chi connectivity index (χ0v) is 9.41. The van der Waals surface area contributed by atoms with E-state index in [2.05, 4.69) is 16.0 Å². The lowest BCUT2D eigenvalue weighted by Crippen LogP contribution is -1.88. The van der Waals surface area contributed by atoms with Crippen LogP contribution < -0.4 is 0 Å². The number of hydrogen-bond acceptors (Lipinski definition) is 2. The largest absolute Gasteiger partial charge is 0.337 e. The Balaban J connectivity index is 2.60. The Bertz CT molecular complexity index is 551. The van der Waals surface area contributed by atoms with Crippen molar-refractivity contribution in [2.24, 2.45) is 0 Å². The summed E-state index contributed by atoms with van der Waals surface area (Å²) in [7, 11) is 0. The number of aromatic amines is 1. The third-order valence-corrected chi connectivity index (χ3v) is 2.70. The maximum absolute atomic E-state index is 9.14. The minimum Gasteiger partial charge on any atom is -0.337 e. The molecule has 0 fully saturated rings. The summed E-state index contributed by atoms with van der Waals surface area (Å²) >= 11 is 0. The fourth-order valence-corrected chi connectivity index (χ4v) is 1.60. The SMILES string of the molecule is CC/C(C)=C(\C#N)c1nc2ccccc2[nH]1. The van der Waals surface area contributed by atoms with Gasteiger partial charge in [0.2, 0.25) is 0 Å². The van der Waals surface area contributed by atoms with Gasteiger partial charge in [-0.3, -0.25) is 0 Å². The van der Waals surface area contributed by atoms with Crippen LogP contribution in [-0.2, 0) is 0 Å². The molecule has 2 aromatic rings. The number of imidazole rings is 1. The minimum atomic E-state index is 0.652. The molecule has 1 aromatic heterocycles. The molecule has 1 heterocycles. The second kappa shape index (κ2) is 4.19. The zero-order chi connectivity index (χ0) is 11.5. The van der Waals surface area contributed by atoms with Gasteiger partial charge in [0.1, 0.15) is 11.9 Å². The topological polar surface area (TPSA) is 52.5 Å². The monoisotopic (exact) mass is 211 g/mol. The van der Waals surface area contributed by atoms with Crippen molar-refractivity contribution in [3.8, 4) is 6.07 Å². The highest BCUT2D eigenvalue weighted by Crippen LogP contribution is 2.20. The molecule has 2 rings (SSSR count). The van der Waals surface area contributed by atoms with E-state index < -0.39 is 0 Å². The molecule has 0 spiro atoms. The molecule has 0 saturated carbocycles. The van der Waals surface area contributed by atoms with Crippen molar-refractivity contribution >= 4 is 16.6 Å². The molecule has 0 saturated heterocycles. The third-order valence-electron chi connectivity index (χ3n) is 2.70. The molecule has 0 aliphatic rings. The normalized spacial score (nSPS) is 12.3. The van der Waals surface area contributed by atoms with Gasteiger partial charge in [-0.25, -0.2) is 4.98 Å². The average molecular weight is 211 g/mol. The first-order chi connectivity index (χ1) is 7.76. The van der Waals surface area contributed by atoms with Crippen molar-refractivity contribution in [1.82, 2.24) is 9.97 Å². The molecule has 16 heavy (non-hydrogen) atoms. The van der Waals surface area contributed by atoms with Gasteiger partial charge >= 0.3 is 0 Å². The van der Waals surface area contributed by atoms with Gasteiger partial charge in [-0.1, -0.05) is 24.6 Å². The Morgan fingerprint density at radius 2 is 2.19 bits per heavy atom. The molecular weight excluding hydrogens is 198 g/mol. The molecule has 0 aliphatic heterocycles. The second-order valence-corrected chi connectivity index (χ2v) is 3.72. The van der Waals surface area contributed by atoms with Crippen molar-refractivity contribution in [1.29, 1.82) is 5.26 Å². The molecule has 1 N–H and O–H groups in total. The maximum Gasteiger partial charge on any atom is 0.149 e. The molecule has 0 bridgehead atoms. The number of nitrogens with one attached hydrogen (secondary N) is 1. The molecule has 0 aliphatic carbocycles. The van der Waals surface area contributed by atoms with E-state index in [4.69, 9.17) is 5.26 Å². The quantitative estimate of drug-likeness (QED) is 0.775. The molecule has 3 heteroatoms. The summed E-state index contributed by atoms with van der Waals surface area (Å²) in [5.74, 6) is 0.669. The van der Waals surface area contributed by atoms with Crippen molar-refractivity contribution in [2.45, 2.75) is 20.3 Å². The molecule has 1 aromatic carbocycles.